The average molecular weight is 593 g/mol. The van der Waals surface area contributed by atoms with Crippen molar-refractivity contribution in [1.82, 2.24) is 9.13 Å². The molecule has 0 bridgehead atoms. The minimum Gasteiger partial charge on any atom is -0.483 e. The summed E-state index contributed by atoms with van der Waals surface area (Å²) in [5.74, 6) is 3.18. The Bertz CT molecular complexity index is 2510. The minimum atomic E-state index is -0.0124. The molecule has 3 aliphatic rings. The van der Waals surface area contributed by atoms with E-state index in [0.717, 1.165) is 41.4 Å². The van der Waals surface area contributed by atoms with Gasteiger partial charge in [0.1, 0.15) is 17.6 Å². The third-order valence-electron chi connectivity index (χ3n) is 10.4. The van der Waals surface area contributed by atoms with Crippen LogP contribution in [-0.4, -0.2) is 15.2 Å². The molecule has 2 unspecified atom stereocenters. The van der Waals surface area contributed by atoms with Crippen molar-refractivity contribution in [3.05, 3.63) is 150 Å². The molecular formula is C42H28N2O2. The lowest BCUT2D eigenvalue weighted by Gasteiger charge is -2.24. The molecule has 46 heavy (non-hydrogen) atoms. The lowest BCUT2D eigenvalue weighted by Crippen LogP contribution is -2.21. The van der Waals surface area contributed by atoms with Crippen LogP contribution < -0.4 is 9.47 Å². The molecule has 0 fully saturated rings. The van der Waals surface area contributed by atoms with Crippen LogP contribution in [0.15, 0.2) is 139 Å². The Kier molecular flexibility index (Phi) is 4.76. The molecule has 6 aromatic carbocycles. The zero-order chi connectivity index (χ0) is 29.9. The number of nitrogens with zero attached hydrogens (tertiary/aromatic N) is 2. The van der Waals surface area contributed by atoms with Crippen molar-refractivity contribution in [1.29, 1.82) is 0 Å². The van der Waals surface area contributed by atoms with E-state index in [9.17, 15) is 0 Å². The van der Waals surface area contributed by atoms with Gasteiger partial charge in [0.15, 0.2) is 5.75 Å². The summed E-state index contributed by atoms with van der Waals surface area (Å²) in [6.45, 7) is 0. The Labute approximate surface area is 265 Å². The zero-order valence-electron chi connectivity index (χ0n) is 25.0. The summed E-state index contributed by atoms with van der Waals surface area (Å²) in [6, 6.07) is 48.0. The molecule has 4 heteroatoms. The molecule has 11 rings (SSSR count). The van der Waals surface area contributed by atoms with Crippen molar-refractivity contribution in [2.75, 3.05) is 0 Å². The standard InChI is InChI=1S/C42H28N2O2/c1-5-15-33-26(10-1)27-11-2-6-16-34(27)43(33)25-20-22-38-32(24-25)30-21-23-39-40(42(30)45-38)31-14-9-19-37(41(31)46-39)44-35-17-7-3-12-28(35)29-13-4-8-18-36(29)44/h1-20,22,24,30,39H,21,23H2. The van der Waals surface area contributed by atoms with Gasteiger partial charge in [-0.2, -0.15) is 0 Å². The van der Waals surface area contributed by atoms with Crippen LogP contribution in [-0.2, 0) is 0 Å². The van der Waals surface area contributed by atoms with E-state index in [1.54, 1.807) is 0 Å². The van der Waals surface area contributed by atoms with Gasteiger partial charge in [0.2, 0.25) is 0 Å². The van der Waals surface area contributed by atoms with E-state index < -0.39 is 0 Å². The number of hydrogen-bond donors (Lipinski definition) is 0. The number of para-hydroxylation sites is 5. The van der Waals surface area contributed by atoms with Crippen LogP contribution in [0, 0.1) is 0 Å². The maximum absolute atomic E-state index is 6.89. The van der Waals surface area contributed by atoms with Crippen molar-refractivity contribution in [2.24, 2.45) is 0 Å². The van der Waals surface area contributed by atoms with Crippen LogP contribution in [0.2, 0.25) is 0 Å². The van der Waals surface area contributed by atoms with Crippen molar-refractivity contribution < 1.29 is 9.47 Å². The number of fused-ring (bicyclic) bond motifs is 12. The molecule has 0 amide bonds. The molecular weight excluding hydrogens is 564 g/mol. The molecule has 0 spiro atoms. The molecule has 1 aliphatic carbocycles. The smallest absolute Gasteiger partial charge is 0.152 e. The quantitative estimate of drug-likeness (QED) is 0.200. The largest absolute Gasteiger partial charge is 0.483 e. The summed E-state index contributed by atoms with van der Waals surface area (Å²) in [6.07, 6.45) is 1.93. The number of rotatable bonds is 2. The second kappa shape index (κ2) is 8.92. The highest BCUT2D eigenvalue weighted by Gasteiger charge is 2.44. The van der Waals surface area contributed by atoms with Gasteiger partial charge in [0.25, 0.3) is 0 Å². The monoisotopic (exact) mass is 592 g/mol. The van der Waals surface area contributed by atoms with Gasteiger partial charge < -0.3 is 18.6 Å². The predicted octanol–water partition coefficient (Wildman–Crippen LogP) is 10.3. The van der Waals surface area contributed by atoms with Gasteiger partial charge >= 0.3 is 0 Å². The molecule has 2 atom stereocenters. The van der Waals surface area contributed by atoms with Crippen LogP contribution in [0.4, 0.5) is 0 Å². The van der Waals surface area contributed by atoms with Crippen molar-refractivity contribution in [3.63, 3.8) is 0 Å². The van der Waals surface area contributed by atoms with E-state index in [1.165, 1.54) is 60.4 Å². The maximum Gasteiger partial charge on any atom is 0.152 e. The first-order chi connectivity index (χ1) is 22.8. The second-order valence-electron chi connectivity index (χ2n) is 12.7. The zero-order valence-corrected chi connectivity index (χ0v) is 25.0. The van der Waals surface area contributed by atoms with Gasteiger partial charge in [0.05, 0.1) is 27.8 Å². The summed E-state index contributed by atoms with van der Waals surface area (Å²) in [5.41, 5.74) is 10.7. The summed E-state index contributed by atoms with van der Waals surface area (Å²) >= 11 is 0. The molecule has 2 aromatic heterocycles. The third-order valence-corrected chi connectivity index (χ3v) is 10.4. The molecule has 0 radical (unpaired) electrons. The molecule has 218 valence electrons. The lowest BCUT2D eigenvalue weighted by atomic mass is 9.82. The summed E-state index contributed by atoms with van der Waals surface area (Å²) < 4.78 is 18.4. The third kappa shape index (κ3) is 3.13. The first-order valence-electron chi connectivity index (χ1n) is 16.2. The molecule has 0 saturated carbocycles. The van der Waals surface area contributed by atoms with E-state index >= 15 is 0 Å². The normalized spacial score (nSPS) is 18.1. The van der Waals surface area contributed by atoms with Gasteiger partial charge in [-0.1, -0.05) is 84.9 Å². The van der Waals surface area contributed by atoms with Crippen molar-refractivity contribution >= 4 is 49.2 Å². The summed E-state index contributed by atoms with van der Waals surface area (Å²) in [5, 5.41) is 5.05. The van der Waals surface area contributed by atoms with E-state index in [0.29, 0.717) is 0 Å². The fourth-order valence-corrected chi connectivity index (χ4v) is 8.51. The van der Waals surface area contributed by atoms with E-state index in [1.807, 2.05) is 0 Å². The SMILES string of the molecule is c1cc2c(c(-n3c4ccccc4c4ccccc43)c1)OC1CCC3C(=C21)Oc1ccc(-n2c4ccccc4c4ccccc42)cc13. The summed E-state index contributed by atoms with van der Waals surface area (Å²) in [7, 11) is 0. The first kappa shape index (κ1) is 24.6. The van der Waals surface area contributed by atoms with Crippen molar-refractivity contribution in [3.8, 4) is 22.9 Å². The predicted molar refractivity (Wildman–Crippen MR) is 186 cm³/mol. The number of hydrogen-bond acceptors (Lipinski definition) is 2. The minimum absolute atomic E-state index is 0.0124. The van der Waals surface area contributed by atoms with Crippen LogP contribution in [0.3, 0.4) is 0 Å². The lowest BCUT2D eigenvalue weighted by molar-refractivity contribution is 0.242. The highest BCUT2D eigenvalue weighted by Crippen LogP contribution is 2.56. The second-order valence-corrected chi connectivity index (χ2v) is 12.7. The van der Waals surface area contributed by atoms with Gasteiger partial charge in [0, 0.05) is 49.9 Å². The van der Waals surface area contributed by atoms with Crippen LogP contribution >= 0.6 is 0 Å². The Morgan fingerprint density at radius 3 is 1.76 bits per heavy atom. The fourth-order valence-electron chi connectivity index (χ4n) is 8.51. The Balaban J connectivity index is 1.07. The Hall–Kier alpha value is -5.74. The number of allylic oxidation sites excluding steroid dienone is 1. The molecule has 0 saturated heterocycles. The number of aromatic nitrogens is 2. The van der Waals surface area contributed by atoms with Gasteiger partial charge in [-0.3, -0.25) is 0 Å². The first-order valence-corrected chi connectivity index (χ1v) is 16.2. The molecule has 4 heterocycles. The molecule has 8 aromatic rings. The maximum atomic E-state index is 6.89. The van der Waals surface area contributed by atoms with Gasteiger partial charge in [-0.25, -0.2) is 0 Å². The van der Waals surface area contributed by atoms with E-state index in [4.69, 9.17) is 9.47 Å². The topological polar surface area (TPSA) is 28.3 Å². The van der Waals surface area contributed by atoms with Crippen LogP contribution in [0.5, 0.6) is 11.5 Å². The number of ether oxygens (including phenoxy) is 2. The Morgan fingerprint density at radius 2 is 1.13 bits per heavy atom. The summed E-state index contributed by atoms with van der Waals surface area (Å²) in [4.78, 5) is 0. The molecule has 4 nitrogen and oxygen atoms in total. The van der Waals surface area contributed by atoms with E-state index in [2.05, 4.69) is 143 Å². The number of benzene rings is 6. The van der Waals surface area contributed by atoms with E-state index in [-0.39, 0.29) is 12.0 Å². The van der Waals surface area contributed by atoms with Gasteiger partial charge in [-0.05, 0) is 61.4 Å². The average Bonchev–Trinajstić information content (AvgIpc) is 3.85. The van der Waals surface area contributed by atoms with Crippen LogP contribution in [0.25, 0.3) is 60.6 Å². The molecule has 0 N–H and O–H groups in total. The van der Waals surface area contributed by atoms with Crippen LogP contribution in [0.1, 0.15) is 29.9 Å². The fraction of sp³-hybridized carbons (Fsp3) is 0.0952. The van der Waals surface area contributed by atoms with Gasteiger partial charge in [-0.15, -0.1) is 0 Å². The highest BCUT2D eigenvalue weighted by atomic mass is 16.5. The molecule has 2 aliphatic heterocycles. The Morgan fingerprint density at radius 1 is 0.543 bits per heavy atom. The highest BCUT2D eigenvalue weighted by molar-refractivity contribution is 6.10. The van der Waals surface area contributed by atoms with Crippen molar-refractivity contribution in [2.45, 2.75) is 24.9 Å².